The minimum absolute atomic E-state index is 0.0852. The van der Waals surface area contributed by atoms with Crippen molar-refractivity contribution in [3.8, 4) is 11.1 Å². The van der Waals surface area contributed by atoms with Gasteiger partial charge in [0.05, 0.1) is 0 Å². The summed E-state index contributed by atoms with van der Waals surface area (Å²) in [5.74, 6) is -1.25. The molecule has 7 nitrogen and oxygen atoms in total. The smallest absolute Gasteiger partial charge is 0.407 e. The van der Waals surface area contributed by atoms with Crippen LogP contribution < -0.4 is 10.6 Å². The molecule has 0 saturated carbocycles. The fraction of sp³-hybridized carbons (Fsp3) is 0.464. The number of hydrogen-bond acceptors (Lipinski definition) is 4. The van der Waals surface area contributed by atoms with Crippen molar-refractivity contribution in [1.29, 1.82) is 0 Å². The Balaban J connectivity index is 1.65. The van der Waals surface area contributed by atoms with E-state index in [1.54, 1.807) is 0 Å². The predicted octanol–water partition coefficient (Wildman–Crippen LogP) is 4.95. The number of carboxylic acid groups (broad SMARTS) is 1. The first-order valence-corrected chi connectivity index (χ1v) is 12.3. The van der Waals surface area contributed by atoms with Crippen molar-refractivity contribution in [3.05, 3.63) is 59.7 Å². The molecule has 0 heterocycles. The summed E-state index contributed by atoms with van der Waals surface area (Å²) >= 11 is 0. The van der Waals surface area contributed by atoms with Crippen molar-refractivity contribution in [2.45, 2.75) is 65.0 Å². The third-order valence-electron chi connectivity index (χ3n) is 6.31. The van der Waals surface area contributed by atoms with E-state index in [2.05, 4.69) is 22.8 Å². The molecular weight excluding hydrogens is 444 g/mol. The molecule has 1 aliphatic carbocycles. The molecule has 3 rings (SSSR count). The number of benzene rings is 2. The first-order chi connectivity index (χ1) is 16.7. The second-order valence-corrected chi connectivity index (χ2v) is 10.0. The van der Waals surface area contributed by atoms with Gasteiger partial charge in [0, 0.05) is 5.92 Å². The quantitative estimate of drug-likeness (QED) is 0.422. The van der Waals surface area contributed by atoms with E-state index < -0.39 is 30.1 Å². The molecular formula is C28H36N2O5. The molecule has 0 bridgehead atoms. The fourth-order valence-electron chi connectivity index (χ4n) is 4.51. The maximum absolute atomic E-state index is 12.9. The van der Waals surface area contributed by atoms with Gasteiger partial charge in [0.25, 0.3) is 0 Å². The lowest BCUT2D eigenvalue weighted by atomic mass is 9.98. The Morgan fingerprint density at radius 1 is 0.829 bits per heavy atom. The van der Waals surface area contributed by atoms with Crippen LogP contribution in [0.3, 0.4) is 0 Å². The first kappa shape index (κ1) is 26.3. The van der Waals surface area contributed by atoms with Crippen LogP contribution in [0.5, 0.6) is 0 Å². The number of fused-ring (bicyclic) bond motifs is 3. The summed E-state index contributed by atoms with van der Waals surface area (Å²) in [6.45, 7) is 8.02. The number of hydrogen-bond donors (Lipinski definition) is 3. The van der Waals surface area contributed by atoms with Gasteiger partial charge in [-0.05, 0) is 53.4 Å². The molecule has 0 spiro atoms. The summed E-state index contributed by atoms with van der Waals surface area (Å²) in [7, 11) is 0. The van der Waals surface area contributed by atoms with Crippen molar-refractivity contribution in [3.63, 3.8) is 0 Å². The summed E-state index contributed by atoms with van der Waals surface area (Å²) in [4.78, 5) is 37.3. The van der Waals surface area contributed by atoms with E-state index >= 15 is 0 Å². The molecule has 2 atom stereocenters. The zero-order valence-corrected chi connectivity index (χ0v) is 20.9. The molecule has 0 radical (unpaired) electrons. The molecule has 2 aromatic rings. The van der Waals surface area contributed by atoms with E-state index in [0.717, 1.165) is 22.3 Å². The van der Waals surface area contributed by atoms with Gasteiger partial charge < -0.3 is 20.5 Å². The van der Waals surface area contributed by atoms with Gasteiger partial charge in [-0.1, -0.05) is 76.2 Å². The third kappa shape index (κ3) is 6.84. The highest BCUT2D eigenvalue weighted by Gasteiger charge is 2.31. The van der Waals surface area contributed by atoms with Gasteiger partial charge in [-0.3, -0.25) is 4.79 Å². The van der Waals surface area contributed by atoms with Crippen LogP contribution in [0.4, 0.5) is 4.79 Å². The Labute approximate surface area is 207 Å². The van der Waals surface area contributed by atoms with Crippen LogP contribution in [-0.2, 0) is 14.3 Å². The average Bonchev–Trinajstić information content (AvgIpc) is 3.13. The molecule has 0 fully saturated rings. The number of ether oxygens (including phenoxy) is 1. The maximum Gasteiger partial charge on any atom is 0.407 e. The van der Waals surface area contributed by atoms with E-state index in [0.29, 0.717) is 25.2 Å². The van der Waals surface area contributed by atoms with Crippen molar-refractivity contribution in [2.75, 3.05) is 6.61 Å². The Morgan fingerprint density at radius 3 is 1.91 bits per heavy atom. The summed E-state index contributed by atoms with van der Waals surface area (Å²) < 4.78 is 5.59. The highest BCUT2D eigenvalue weighted by atomic mass is 16.5. The minimum atomic E-state index is -1.08. The van der Waals surface area contributed by atoms with Gasteiger partial charge in [-0.2, -0.15) is 0 Å². The van der Waals surface area contributed by atoms with Crippen LogP contribution in [0.15, 0.2) is 48.5 Å². The zero-order valence-electron chi connectivity index (χ0n) is 20.9. The lowest BCUT2D eigenvalue weighted by Crippen LogP contribution is -2.52. The van der Waals surface area contributed by atoms with Crippen LogP contribution in [-0.4, -0.2) is 41.8 Å². The highest BCUT2D eigenvalue weighted by molar-refractivity contribution is 5.89. The molecule has 7 heteroatoms. The molecule has 0 aromatic heterocycles. The van der Waals surface area contributed by atoms with E-state index in [1.165, 1.54) is 0 Å². The molecule has 1 aliphatic rings. The van der Waals surface area contributed by atoms with Crippen molar-refractivity contribution in [2.24, 2.45) is 11.8 Å². The fourth-order valence-corrected chi connectivity index (χ4v) is 4.51. The Morgan fingerprint density at radius 2 is 1.40 bits per heavy atom. The molecule has 188 valence electrons. The van der Waals surface area contributed by atoms with Gasteiger partial charge in [0.2, 0.25) is 5.91 Å². The molecule has 35 heavy (non-hydrogen) atoms. The van der Waals surface area contributed by atoms with Crippen LogP contribution in [0.25, 0.3) is 11.1 Å². The van der Waals surface area contributed by atoms with Crippen molar-refractivity contribution in [1.82, 2.24) is 10.6 Å². The first-order valence-electron chi connectivity index (χ1n) is 12.3. The largest absolute Gasteiger partial charge is 0.480 e. The number of carbonyl (C=O) groups is 3. The number of alkyl carbamates (subject to hydrolysis) is 1. The summed E-state index contributed by atoms with van der Waals surface area (Å²) in [6, 6.07) is 14.3. The molecule has 0 aliphatic heterocycles. The third-order valence-corrected chi connectivity index (χ3v) is 6.31. The normalized spacial score (nSPS) is 14.2. The van der Waals surface area contributed by atoms with E-state index in [-0.39, 0.29) is 18.4 Å². The average molecular weight is 481 g/mol. The molecule has 2 aromatic carbocycles. The topological polar surface area (TPSA) is 105 Å². The minimum Gasteiger partial charge on any atom is -0.480 e. The Hall–Kier alpha value is -3.35. The summed E-state index contributed by atoms with van der Waals surface area (Å²) in [6.07, 6.45) is 0.679. The second-order valence-electron chi connectivity index (χ2n) is 10.0. The number of nitrogens with one attached hydrogen (secondary N) is 2. The molecule has 1 unspecified atom stereocenters. The lowest BCUT2D eigenvalue weighted by Gasteiger charge is -2.23. The molecule has 0 saturated heterocycles. The van der Waals surface area contributed by atoms with Gasteiger partial charge >= 0.3 is 12.1 Å². The van der Waals surface area contributed by atoms with Crippen LogP contribution in [0.1, 0.15) is 64.0 Å². The van der Waals surface area contributed by atoms with Crippen LogP contribution in [0.2, 0.25) is 0 Å². The number of rotatable bonds is 11. The van der Waals surface area contributed by atoms with Crippen LogP contribution in [0, 0.1) is 11.8 Å². The van der Waals surface area contributed by atoms with E-state index in [4.69, 9.17) is 4.74 Å². The Kier molecular flexibility index (Phi) is 8.90. The lowest BCUT2D eigenvalue weighted by molar-refractivity contribution is -0.142. The second kappa shape index (κ2) is 11.9. The molecule has 2 amide bonds. The van der Waals surface area contributed by atoms with E-state index in [1.807, 2.05) is 64.1 Å². The highest BCUT2D eigenvalue weighted by Crippen LogP contribution is 2.44. The number of carbonyl (C=O) groups excluding carboxylic acids is 2. The Bertz CT molecular complexity index is 1000. The number of amides is 2. The monoisotopic (exact) mass is 480 g/mol. The van der Waals surface area contributed by atoms with Crippen molar-refractivity contribution >= 4 is 18.0 Å². The summed E-state index contributed by atoms with van der Waals surface area (Å²) in [5, 5.41) is 14.8. The van der Waals surface area contributed by atoms with Gasteiger partial charge in [-0.25, -0.2) is 9.59 Å². The van der Waals surface area contributed by atoms with Crippen LogP contribution >= 0.6 is 0 Å². The SMILES string of the molecule is CC(C)CCC(NC(=O)[C@H](CC(C)C)NC(=O)OCC1c2ccccc2-c2ccccc21)C(=O)O. The van der Waals surface area contributed by atoms with E-state index in [9.17, 15) is 19.5 Å². The van der Waals surface area contributed by atoms with Gasteiger partial charge in [-0.15, -0.1) is 0 Å². The zero-order chi connectivity index (χ0) is 25.5. The molecule has 3 N–H and O–H groups in total. The predicted molar refractivity (Wildman–Crippen MR) is 135 cm³/mol. The number of carboxylic acids is 1. The maximum atomic E-state index is 12.9. The number of aliphatic carboxylic acids is 1. The van der Waals surface area contributed by atoms with Gasteiger partial charge in [0.15, 0.2) is 0 Å². The standard InChI is InChI=1S/C28H36N2O5/c1-17(2)13-14-24(27(32)33)29-26(31)25(15-18(3)4)30-28(34)35-16-23-21-11-7-5-9-19(21)20-10-6-8-12-22(20)23/h5-12,17-18,23-25H,13-16H2,1-4H3,(H,29,31)(H,30,34)(H,32,33)/t24?,25-/m0/s1. The van der Waals surface area contributed by atoms with Crippen molar-refractivity contribution < 1.29 is 24.2 Å². The van der Waals surface area contributed by atoms with Gasteiger partial charge in [0.1, 0.15) is 18.7 Å². The summed E-state index contributed by atoms with van der Waals surface area (Å²) in [5.41, 5.74) is 4.48.